The molecule has 0 aliphatic carbocycles. The lowest BCUT2D eigenvalue weighted by molar-refractivity contribution is -0.384. The van der Waals surface area contributed by atoms with Crippen LogP contribution in [0.4, 0.5) is 11.4 Å². The van der Waals surface area contributed by atoms with Gasteiger partial charge < -0.3 is 14.9 Å². The van der Waals surface area contributed by atoms with Gasteiger partial charge in [-0.2, -0.15) is 0 Å². The van der Waals surface area contributed by atoms with E-state index in [1.54, 1.807) is 6.07 Å². The molecule has 0 aromatic heterocycles. The fourth-order valence-electron chi connectivity index (χ4n) is 2.78. The molecule has 7 nitrogen and oxygen atoms in total. The van der Waals surface area contributed by atoms with E-state index in [1.165, 1.54) is 6.07 Å². The quantitative estimate of drug-likeness (QED) is 0.675. The van der Waals surface area contributed by atoms with Crippen LogP contribution in [0.3, 0.4) is 0 Å². The second kappa shape index (κ2) is 6.09. The molecule has 1 heterocycles. The zero-order chi connectivity index (χ0) is 15.6. The number of hydrogen-bond donors (Lipinski definition) is 1. The number of likely N-dealkylation sites (N-methyl/N-ethyl adjacent to an activating group) is 1. The lowest BCUT2D eigenvalue weighted by Gasteiger charge is -2.29. The third-order valence-corrected chi connectivity index (χ3v) is 3.78. The maximum Gasteiger partial charge on any atom is 0.335 e. The number of nitro benzene ring substituents is 1. The van der Waals surface area contributed by atoms with E-state index in [4.69, 9.17) is 5.11 Å². The number of hydrogen-bond acceptors (Lipinski definition) is 5. The summed E-state index contributed by atoms with van der Waals surface area (Å²) in [5, 5.41) is 20.3. The topological polar surface area (TPSA) is 86.9 Å². The smallest absolute Gasteiger partial charge is 0.335 e. The van der Waals surface area contributed by atoms with Crippen molar-refractivity contribution in [3.8, 4) is 0 Å². The first kappa shape index (κ1) is 15.2. The Hall–Kier alpha value is -2.15. The van der Waals surface area contributed by atoms with Gasteiger partial charge in [0, 0.05) is 25.2 Å². The minimum atomic E-state index is -1.16. The molecule has 7 heteroatoms. The Kier molecular flexibility index (Phi) is 4.42. The average molecular weight is 293 g/mol. The van der Waals surface area contributed by atoms with Crippen LogP contribution in [0.15, 0.2) is 18.2 Å². The van der Waals surface area contributed by atoms with E-state index >= 15 is 0 Å². The van der Waals surface area contributed by atoms with Crippen LogP contribution in [0.25, 0.3) is 0 Å². The minimum absolute atomic E-state index is 0.0648. The van der Waals surface area contributed by atoms with Gasteiger partial charge in [0.25, 0.3) is 5.69 Å². The van der Waals surface area contributed by atoms with Crippen molar-refractivity contribution >= 4 is 17.3 Å². The lowest BCUT2D eigenvalue weighted by Crippen LogP contribution is -2.38. The van der Waals surface area contributed by atoms with Crippen LogP contribution >= 0.6 is 0 Å². The summed E-state index contributed by atoms with van der Waals surface area (Å²) in [4.78, 5) is 25.9. The van der Waals surface area contributed by atoms with Crippen LogP contribution in [-0.2, 0) is 0 Å². The molecule has 1 unspecified atom stereocenters. The molecule has 1 N–H and O–H groups in total. The number of carbonyl (C=O) groups is 1. The summed E-state index contributed by atoms with van der Waals surface area (Å²) in [5.41, 5.74) is 0.282. The molecule has 0 saturated carbocycles. The van der Waals surface area contributed by atoms with Gasteiger partial charge in [0.05, 0.1) is 10.5 Å². The van der Waals surface area contributed by atoms with Crippen molar-refractivity contribution in [2.24, 2.45) is 0 Å². The van der Waals surface area contributed by atoms with E-state index in [9.17, 15) is 14.9 Å². The highest BCUT2D eigenvalue weighted by atomic mass is 16.6. The van der Waals surface area contributed by atoms with Crippen LogP contribution in [-0.4, -0.2) is 53.6 Å². The van der Waals surface area contributed by atoms with Gasteiger partial charge in [-0.3, -0.25) is 10.1 Å². The summed E-state index contributed by atoms with van der Waals surface area (Å²) in [6.07, 6.45) is 0.915. The SMILES string of the molecule is CC1CN(C)CCCN1c1ccc(C(=O)O)cc1[N+](=O)[O-]. The summed E-state index contributed by atoms with van der Waals surface area (Å²) in [6, 6.07) is 4.24. The minimum Gasteiger partial charge on any atom is -0.478 e. The molecule has 21 heavy (non-hydrogen) atoms. The first-order chi connectivity index (χ1) is 9.90. The molecule has 1 saturated heterocycles. The molecule has 0 amide bonds. The molecule has 0 bridgehead atoms. The highest BCUT2D eigenvalue weighted by Gasteiger charge is 2.27. The highest BCUT2D eigenvalue weighted by molar-refractivity contribution is 5.89. The van der Waals surface area contributed by atoms with Crippen LogP contribution in [0.1, 0.15) is 23.7 Å². The number of anilines is 1. The van der Waals surface area contributed by atoms with Gasteiger partial charge in [0.15, 0.2) is 0 Å². The van der Waals surface area contributed by atoms with Crippen molar-refractivity contribution in [1.82, 2.24) is 4.90 Å². The molecule has 1 aromatic carbocycles. The molecule has 1 aliphatic rings. The van der Waals surface area contributed by atoms with Gasteiger partial charge >= 0.3 is 5.97 Å². The number of rotatable bonds is 3. The zero-order valence-electron chi connectivity index (χ0n) is 12.2. The van der Waals surface area contributed by atoms with E-state index in [-0.39, 0.29) is 17.3 Å². The molecule has 0 radical (unpaired) electrons. The number of nitro groups is 1. The van der Waals surface area contributed by atoms with Gasteiger partial charge in [-0.05, 0) is 39.1 Å². The van der Waals surface area contributed by atoms with Crippen LogP contribution in [0.2, 0.25) is 0 Å². The first-order valence-corrected chi connectivity index (χ1v) is 6.87. The Balaban J connectivity index is 2.42. The van der Waals surface area contributed by atoms with Crippen molar-refractivity contribution in [3.63, 3.8) is 0 Å². The van der Waals surface area contributed by atoms with Crippen LogP contribution in [0, 0.1) is 10.1 Å². The second-order valence-electron chi connectivity index (χ2n) is 5.42. The standard InChI is InChI=1S/C14H19N3O4/c1-10-9-15(2)6-3-7-16(10)12-5-4-11(14(18)19)8-13(12)17(20)21/h4-5,8,10H,3,6-7,9H2,1-2H3,(H,18,19). The number of benzene rings is 1. The third kappa shape index (κ3) is 3.30. The Morgan fingerprint density at radius 3 is 2.76 bits per heavy atom. The summed E-state index contributed by atoms with van der Waals surface area (Å²) in [5.74, 6) is -1.16. The molecular formula is C14H19N3O4. The van der Waals surface area contributed by atoms with Gasteiger partial charge in [0.2, 0.25) is 0 Å². The van der Waals surface area contributed by atoms with Gasteiger partial charge in [-0.1, -0.05) is 0 Å². The number of carboxylic acid groups (broad SMARTS) is 1. The highest BCUT2D eigenvalue weighted by Crippen LogP contribution is 2.31. The normalized spacial score (nSPS) is 20.1. The fraction of sp³-hybridized carbons (Fsp3) is 0.500. The zero-order valence-corrected chi connectivity index (χ0v) is 12.2. The number of aromatic carboxylic acids is 1. The monoisotopic (exact) mass is 293 g/mol. The Labute approximate surface area is 122 Å². The summed E-state index contributed by atoms with van der Waals surface area (Å²) < 4.78 is 0. The maximum atomic E-state index is 11.3. The van der Waals surface area contributed by atoms with Gasteiger partial charge in [0.1, 0.15) is 5.69 Å². The predicted molar refractivity (Wildman–Crippen MR) is 79.0 cm³/mol. The Morgan fingerprint density at radius 1 is 1.43 bits per heavy atom. The number of nitrogens with zero attached hydrogens (tertiary/aromatic N) is 3. The summed E-state index contributed by atoms with van der Waals surface area (Å²) in [6.45, 7) is 4.51. The molecule has 1 aliphatic heterocycles. The maximum absolute atomic E-state index is 11.3. The van der Waals surface area contributed by atoms with Crippen molar-refractivity contribution in [2.75, 3.05) is 31.6 Å². The van der Waals surface area contributed by atoms with Crippen molar-refractivity contribution in [2.45, 2.75) is 19.4 Å². The van der Waals surface area contributed by atoms with E-state index in [0.29, 0.717) is 5.69 Å². The van der Waals surface area contributed by atoms with Crippen molar-refractivity contribution in [1.29, 1.82) is 0 Å². The molecule has 1 atom stereocenters. The van der Waals surface area contributed by atoms with Crippen molar-refractivity contribution < 1.29 is 14.8 Å². The summed E-state index contributed by atoms with van der Waals surface area (Å²) >= 11 is 0. The molecule has 1 aromatic rings. The summed E-state index contributed by atoms with van der Waals surface area (Å²) in [7, 11) is 2.03. The predicted octanol–water partition coefficient (Wildman–Crippen LogP) is 1.82. The van der Waals surface area contributed by atoms with Crippen LogP contribution < -0.4 is 4.90 Å². The first-order valence-electron chi connectivity index (χ1n) is 6.87. The lowest BCUT2D eigenvalue weighted by atomic mass is 10.1. The fourth-order valence-corrected chi connectivity index (χ4v) is 2.78. The van der Waals surface area contributed by atoms with Gasteiger partial charge in [-0.15, -0.1) is 0 Å². The van der Waals surface area contributed by atoms with Crippen LogP contribution in [0.5, 0.6) is 0 Å². The molecule has 0 spiro atoms. The Morgan fingerprint density at radius 2 is 2.14 bits per heavy atom. The van der Waals surface area contributed by atoms with E-state index in [2.05, 4.69) is 4.90 Å². The van der Waals surface area contributed by atoms with E-state index < -0.39 is 10.9 Å². The Bertz CT molecular complexity index is 561. The second-order valence-corrected chi connectivity index (χ2v) is 5.42. The van der Waals surface area contributed by atoms with Gasteiger partial charge in [-0.25, -0.2) is 4.79 Å². The molecule has 114 valence electrons. The molecular weight excluding hydrogens is 274 g/mol. The van der Waals surface area contributed by atoms with Crippen molar-refractivity contribution in [3.05, 3.63) is 33.9 Å². The third-order valence-electron chi connectivity index (χ3n) is 3.78. The van der Waals surface area contributed by atoms with E-state index in [1.807, 2.05) is 18.9 Å². The molecule has 2 rings (SSSR count). The largest absolute Gasteiger partial charge is 0.478 e. The average Bonchev–Trinajstić information content (AvgIpc) is 2.58. The molecule has 1 fully saturated rings. The van der Waals surface area contributed by atoms with E-state index in [0.717, 1.165) is 32.1 Å². The number of carboxylic acids is 1.